The second-order valence-electron chi connectivity index (χ2n) is 11.5. The number of hydrogen-bond acceptors (Lipinski definition) is 4. The van der Waals surface area contributed by atoms with Crippen LogP contribution in [0.2, 0.25) is 0 Å². The smallest absolute Gasteiger partial charge is 0.407 e. The normalized spacial score (nSPS) is 13.0. The molecule has 1 amide bonds. The van der Waals surface area contributed by atoms with Gasteiger partial charge in [0.05, 0.1) is 12.4 Å². The molecule has 1 N–H and O–H groups in total. The Bertz CT molecular complexity index is 1810. The molecule has 6 nitrogen and oxygen atoms in total. The molecule has 0 saturated heterocycles. The van der Waals surface area contributed by atoms with E-state index in [2.05, 4.69) is 75.5 Å². The zero-order valence-electron chi connectivity index (χ0n) is 25.2. The number of benzene rings is 5. The number of imidazole rings is 1. The average molecular weight is 604 g/mol. The average Bonchev–Trinajstić information content (AvgIpc) is 3.71. The molecule has 1 aliphatic rings. The molecule has 0 fully saturated rings. The van der Waals surface area contributed by atoms with Gasteiger partial charge in [0.2, 0.25) is 0 Å². The topological polar surface area (TPSA) is 73.2 Å². The Hall–Kier alpha value is -5.75. The number of nitrogens with zero attached hydrogens (tertiary/aromatic N) is 2. The first-order valence-electron chi connectivity index (χ1n) is 15.4. The minimum absolute atomic E-state index is 0.0718. The Morgan fingerprint density at radius 1 is 0.739 bits per heavy atom. The van der Waals surface area contributed by atoms with Crippen LogP contribution in [0, 0.1) is 0 Å². The van der Waals surface area contributed by atoms with Crippen molar-refractivity contribution in [1.82, 2.24) is 14.9 Å². The zero-order valence-corrected chi connectivity index (χ0v) is 25.2. The minimum atomic E-state index is -0.828. The van der Waals surface area contributed by atoms with E-state index in [1.165, 1.54) is 0 Å². The fourth-order valence-corrected chi connectivity index (χ4v) is 6.88. The van der Waals surface area contributed by atoms with E-state index >= 15 is 0 Å². The van der Waals surface area contributed by atoms with E-state index in [0.29, 0.717) is 0 Å². The van der Waals surface area contributed by atoms with Crippen LogP contribution in [0.4, 0.5) is 4.79 Å². The fourth-order valence-electron chi connectivity index (χ4n) is 6.88. The zero-order chi connectivity index (χ0) is 31.3. The lowest BCUT2D eigenvalue weighted by molar-refractivity contribution is -0.109. The summed E-state index contributed by atoms with van der Waals surface area (Å²) in [4.78, 5) is 30.1. The van der Waals surface area contributed by atoms with Gasteiger partial charge in [-0.15, -0.1) is 0 Å². The van der Waals surface area contributed by atoms with Crippen LogP contribution in [0.1, 0.15) is 39.4 Å². The van der Waals surface area contributed by atoms with Gasteiger partial charge in [-0.1, -0.05) is 140 Å². The molecule has 6 aromatic rings. The SMILES string of the molecule is O=C[C@H](Cc1cncn1C(c1ccccc1)(c1ccccc1)c1ccccc1)NC(=O)OCC1c2ccccc2-c2ccccc21. The summed E-state index contributed by atoms with van der Waals surface area (Å²) in [5.74, 6) is -0.0718. The third-order valence-electron chi connectivity index (χ3n) is 8.89. The number of aromatic nitrogens is 2. The molecule has 0 spiro atoms. The van der Waals surface area contributed by atoms with Crippen molar-refractivity contribution in [3.8, 4) is 11.1 Å². The second-order valence-corrected chi connectivity index (χ2v) is 11.5. The summed E-state index contributed by atoms with van der Waals surface area (Å²) in [5, 5.41) is 2.80. The molecule has 226 valence electrons. The Balaban J connectivity index is 1.17. The van der Waals surface area contributed by atoms with Gasteiger partial charge in [-0.2, -0.15) is 0 Å². The van der Waals surface area contributed by atoms with Crippen molar-refractivity contribution < 1.29 is 14.3 Å². The molecule has 46 heavy (non-hydrogen) atoms. The van der Waals surface area contributed by atoms with Crippen LogP contribution >= 0.6 is 0 Å². The summed E-state index contributed by atoms with van der Waals surface area (Å²) in [6, 6.07) is 46.4. The van der Waals surface area contributed by atoms with Gasteiger partial charge in [0.25, 0.3) is 0 Å². The fraction of sp³-hybridized carbons (Fsp3) is 0.125. The lowest BCUT2D eigenvalue weighted by Crippen LogP contribution is -2.42. The van der Waals surface area contributed by atoms with E-state index < -0.39 is 17.7 Å². The highest BCUT2D eigenvalue weighted by Crippen LogP contribution is 2.45. The van der Waals surface area contributed by atoms with Gasteiger partial charge < -0.3 is 19.4 Å². The molecular formula is C40H33N3O3. The van der Waals surface area contributed by atoms with Crippen LogP contribution in [0.5, 0.6) is 0 Å². The standard InChI is InChI=1S/C40H33N3O3/c44-26-32(42-39(45)46-27-38-36-22-12-10-20-34(36)35-21-11-13-23-37(35)38)24-33-25-41-28-43(33)40(29-14-4-1-5-15-29,30-16-6-2-7-17-30)31-18-8-3-9-19-31/h1-23,25-26,28,32,38H,24,27H2,(H,42,45)/t32-/m0/s1. The van der Waals surface area contributed by atoms with E-state index in [4.69, 9.17) is 4.74 Å². The number of aldehydes is 1. The lowest BCUT2D eigenvalue weighted by atomic mass is 9.76. The third-order valence-corrected chi connectivity index (χ3v) is 8.89. The van der Waals surface area contributed by atoms with E-state index in [-0.39, 0.29) is 18.9 Å². The predicted octanol–water partition coefficient (Wildman–Crippen LogP) is 7.37. The molecule has 7 rings (SSSR count). The highest BCUT2D eigenvalue weighted by Gasteiger charge is 2.40. The monoisotopic (exact) mass is 603 g/mol. The van der Waals surface area contributed by atoms with Crippen LogP contribution in [-0.2, 0) is 21.5 Å². The van der Waals surface area contributed by atoms with Crippen LogP contribution in [0.25, 0.3) is 11.1 Å². The number of rotatable bonds is 10. The summed E-state index contributed by atoms with van der Waals surface area (Å²) in [6.07, 6.45) is 3.91. The minimum Gasteiger partial charge on any atom is -0.449 e. The Kier molecular flexibility index (Phi) is 8.00. The number of hydrogen-bond donors (Lipinski definition) is 1. The summed E-state index contributed by atoms with van der Waals surface area (Å²) in [7, 11) is 0. The van der Waals surface area contributed by atoms with Crippen LogP contribution in [0.15, 0.2) is 152 Å². The van der Waals surface area contributed by atoms with Crippen LogP contribution in [0.3, 0.4) is 0 Å². The maximum atomic E-state index is 13.2. The molecule has 5 aromatic carbocycles. The van der Waals surface area contributed by atoms with Gasteiger partial charge in [0.15, 0.2) is 0 Å². The molecule has 0 bridgehead atoms. The largest absolute Gasteiger partial charge is 0.449 e. The molecular weight excluding hydrogens is 570 g/mol. The highest BCUT2D eigenvalue weighted by atomic mass is 16.5. The molecule has 0 aliphatic heterocycles. The van der Waals surface area contributed by atoms with Crippen molar-refractivity contribution in [2.75, 3.05) is 6.61 Å². The predicted molar refractivity (Wildman–Crippen MR) is 179 cm³/mol. The van der Waals surface area contributed by atoms with Crippen molar-refractivity contribution in [3.63, 3.8) is 0 Å². The summed E-state index contributed by atoms with van der Waals surface area (Å²) < 4.78 is 7.88. The number of amides is 1. The number of fused-ring (bicyclic) bond motifs is 3. The van der Waals surface area contributed by atoms with Crippen molar-refractivity contribution in [3.05, 3.63) is 186 Å². The number of carbonyl (C=O) groups excluding carboxylic acids is 2. The van der Waals surface area contributed by atoms with Gasteiger partial charge >= 0.3 is 6.09 Å². The second kappa shape index (κ2) is 12.7. The van der Waals surface area contributed by atoms with Crippen LogP contribution < -0.4 is 5.32 Å². The van der Waals surface area contributed by atoms with E-state index in [1.807, 2.05) is 78.9 Å². The molecule has 0 unspecified atom stereocenters. The summed E-state index contributed by atoms with van der Waals surface area (Å²) in [5.41, 5.74) is 7.70. The third kappa shape index (κ3) is 5.18. The first kappa shape index (κ1) is 29.0. The van der Waals surface area contributed by atoms with Gasteiger partial charge in [-0.3, -0.25) is 0 Å². The molecule has 6 heteroatoms. The van der Waals surface area contributed by atoms with Crippen LogP contribution in [-0.4, -0.2) is 34.6 Å². The number of carbonyl (C=O) groups is 2. The summed E-state index contributed by atoms with van der Waals surface area (Å²) >= 11 is 0. The summed E-state index contributed by atoms with van der Waals surface area (Å²) in [6.45, 7) is 0.169. The van der Waals surface area contributed by atoms with Crippen molar-refractivity contribution in [2.45, 2.75) is 23.9 Å². The number of ether oxygens (including phenoxy) is 1. The molecule has 1 heterocycles. The van der Waals surface area contributed by atoms with Crippen molar-refractivity contribution in [2.24, 2.45) is 0 Å². The van der Waals surface area contributed by atoms with Gasteiger partial charge in [-0.25, -0.2) is 9.78 Å². The molecule has 0 radical (unpaired) electrons. The van der Waals surface area contributed by atoms with E-state index in [0.717, 1.165) is 50.9 Å². The molecule has 1 aliphatic carbocycles. The molecule has 1 atom stereocenters. The van der Waals surface area contributed by atoms with Gasteiger partial charge in [0.1, 0.15) is 18.4 Å². The van der Waals surface area contributed by atoms with Gasteiger partial charge in [0, 0.05) is 24.2 Å². The van der Waals surface area contributed by atoms with Gasteiger partial charge in [-0.05, 0) is 38.9 Å². The number of nitrogens with one attached hydrogen (secondary N) is 1. The quantitative estimate of drug-likeness (QED) is 0.131. The Morgan fingerprint density at radius 3 is 1.72 bits per heavy atom. The Labute approximate surface area is 268 Å². The first-order valence-corrected chi connectivity index (χ1v) is 15.4. The van der Waals surface area contributed by atoms with Crippen molar-refractivity contribution in [1.29, 1.82) is 0 Å². The first-order chi connectivity index (χ1) is 22.7. The van der Waals surface area contributed by atoms with Crippen molar-refractivity contribution >= 4 is 12.4 Å². The number of alkyl carbamates (subject to hydrolysis) is 1. The molecule has 0 saturated carbocycles. The maximum absolute atomic E-state index is 13.2. The van der Waals surface area contributed by atoms with E-state index in [9.17, 15) is 9.59 Å². The lowest BCUT2D eigenvalue weighted by Gasteiger charge is -2.39. The Morgan fingerprint density at radius 2 is 1.22 bits per heavy atom. The highest BCUT2D eigenvalue weighted by molar-refractivity contribution is 5.79. The van der Waals surface area contributed by atoms with E-state index in [1.54, 1.807) is 12.5 Å². The maximum Gasteiger partial charge on any atom is 0.407 e. The molecule has 1 aromatic heterocycles.